The van der Waals surface area contributed by atoms with E-state index in [0.29, 0.717) is 15.8 Å². The van der Waals surface area contributed by atoms with Crippen molar-refractivity contribution in [1.82, 2.24) is 5.32 Å². The molecule has 2 rings (SSSR count). The van der Waals surface area contributed by atoms with E-state index in [1.165, 1.54) is 11.8 Å². The lowest BCUT2D eigenvalue weighted by atomic mass is 10.2. The molecule has 0 unspecified atom stereocenters. The highest BCUT2D eigenvalue weighted by molar-refractivity contribution is 8.26. The van der Waals surface area contributed by atoms with Crippen LogP contribution in [0.5, 0.6) is 5.75 Å². The Balaban J connectivity index is 2.32. The molecule has 1 aromatic carbocycles. The third kappa shape index (κ3) is 2.87. The summed E-state index contributed by atoms with van der Waals surface area (Å²) >= 11 is 6.20. The largest absolute Gasteiger partial charge is 0.493 e. The van der Waals surface area contributed by atoms with Crippen molar-refractivity contribution in [2.75, 3.05) is 6.61 Å². The van der Waals surface area contributed by atoms with E-state index in [-0.39, 0.29) is 5.91 Å². The summed E-state index contributed by atoms with van der Waals surface area (Å²) in [6.07, 6.45) is 1.80. The van der Waals surface area contributed by atoms with Gasteiger partial charge in [0.1, 0.15) is 10.1 Å². The van der Waals surface area contributed by atoms with Crippen molar-refractivity contribution in [2.45, 2.75) is 6.92 Å². The van der Waals surface area contributed by atoms with Gasteiger partial charge < -0.3 is 10.1 Å². The molecule has 0 aromatic heterocycles. The minimum absolute atomic E-state index is 0.147. The molecule has 0 saturated carbocycles. The topological polar surface area (TPSA) is 38.3 Å². The van der Waals surface area contributed by atoms with Crippen molar-refractivity contribution >= 4 is 40.3 Å². The van der Waals surface area contributed by atoms with Gasteiger partial charge in [-0.1, -0.05) is 42.2 Å². The molecule has 1 aromatic rings. The number of carbonyl (C=O) groups excluding carboxylic acids is 1. The second kappa shape index (κ2) is 5.33. The van der Waals surface area contributed by atoms with E-state index in [2.05, 4.69) is 5.32 Å². The lowest BCUT2D eigenvalue weighted by molar-refractivity contribution is -0.115. The van der Waals surface area contributed by atoms with Gasteiger partial charge in [-0.15, -0.1) is 0 Å². The number of benzene rings is 1. The summed E-state index contributed by atoms with van der Waals surface area (Å²) in [5.41, 5.74) is 0.886. The Bertz CT molecular complexity index is 497. The maximum absolute atomic E-state index is 11.5. The fourth-order valence-electron chi connectivity index (χ4n) is 1.45. The van der Waals surface area contributed by atoms with Gasteiger partial charge in [-0.3, -0.25) is 4.79 Å². The van der Waals surface area contributed by atoms with E-state index in [9.17, 15) is 4.79 Å². The van der Waals surface area contributed by atoms with Crippen molar-refractivity contribution in [3.63, 3.8) is 0 Å². The lowest BCUT2D eigenvalue weighted by Gasteiger charge is -2.06. The zero-order chi connectivity index (χ0) is 12.3. The first-order valence-corrected chi connectivity index (χ1v) is 6.40. The van der Waals surface area contributed by atoms with Gasteiger partial charge in [0.15, 0.2) is 0 Å². The molecule has 0 radical (unpaired) electrons. The maximum Gasteiger partial charge on any atom is 0.263 e. The molecule has 17 heavy (non-hydrogen) atoms. The Morgan fingerprint density at radius 2 is 2.24 bits per heavy atom. The molecule has 0 atom stereocenters. The second-order valence-corrected chi connectivity index (χ2v) is 5.04. The molecular weight excluding hydrogens is 254 g/mol. The van der Waals surface area contributed by atoms with Crippen LogP contribution in [-0.4, -0.2) is 16.8 Å². The van der Waals surface area contributed by atoms with E-state index < -0.39 is 0 Å². The molecule has 1 aliphatic rings. The Labute approximate surface area is 109 Å². The maximum atomic E-state index is 11.5. The van der Waals surface area contributed by atoms with E-state index in [0.717, 1.165) is 11.3 Å². The van der Waals surface area contributed by atoms with Gasteiger partial charge in [-0.25, -0.2) is 0 Å². The van der Waals surface area contributed by atoms with Crippen molar-refractivity contribution in [3.8, 4) is 5.75 Å². The highest BCUT2D eigenvalue weighted by Crippen LogP contribution is 2.29. The monoisotopic (exact) mass is 265 g/mol. The van der Waals surface area contributed by atoms with Crippen LogP contribution in [-0.2, 0) is 4.79 Å². The zero-order valence-corrected chi connectivity index (χ0v) is 10.9. The molecule has 1 heterocycles. The third-order valence-electron chi connectivity index (χ3n) is 2.15. The Hall–Kier alpha value is -1.33. The summed E-state index contributed by atoms with van der Waals surface area (Å²) in [6.45, 7) is 2.52. The number of thiocarbonyl (C=S) groups is 1. The highest BCUT2D eigenvalue weighted by atomic mass is 32.2. The Morgan fingerprint density at radius 1 is 1.47 bits per heavy atom. The molecule has 1 amide bonds. The number of hydrogen-bond donors (Lipinski definition) is 1. The summed E-state index contributed by atoms with van der Waals surface area (Å²) in [6, 6.07) is 7.60. The molecule has 0 spiro atoms. The zero-order valence-electron chi connectivity index (χ0n) is 9.23. The predicted octanol–water partition coefficient (Wildman–Crippen LogP) is 2.57. The SMILES string of the molecule is CCOc1ccccc1/C=C1/SC(=S)NC1=O. The van der Waals surface area contributed by atoms with E-state index in [1.807, 2.05) is 31.2 Å². The smallest absolute Gasteiger partial charge is 0.263 e. The summed E-state index contributed by atoms with van der Waals surface area (Å²) in [4.78, 5) is 12.1. The average Bonchev–Trinajstić information content (AvgIpc) is 2.61. The van der Waals surface area contributed by atoms with Crippen LogP contribution in [0.4, 0.5) is 0 Å². The summed E-state index contributed by atoms with van der Waals surface area (Å²) in [5.74, 6) is 0.625. The number of nitrogens with one attached hydrogen (secondary N) is 1. The molecule has 5 heteroatoms. The van der Waals surface area contributed by atoms with Gasteiger partial charge in [-0.05, 0) is 19.1 Å². The minimum Gasteiger partial charge on any atom is -0.493 e. The first kappa shape index (κ1) is 12.1. The number of para-hydroxylation sites is 1. The third-order valence-corrected chi connectivity index (χ3v) is 3.31. The highest BCUT2D eigenvalue weighted by Gasteiger charge is 2.22. The molecule has 3 nitrogen and oxygen atoms in total. The molecule has 1 N–H and O–H groups in total. The fourth-order valence-corrected chi connectivity index (χ4v) is 2.48. The van der Waals surface area contributed by atoms with Crippen LogP contribution in [0.1, 0.15) is 12.5 Å². The van der Waals surface area contributed by atoms with Crippen LogP contribution in [0.25, 0.3) is 6.08 Å². The van der Waals surface area contributed by atoms with Gasteiger partial charge in [0.25, 0.3) is 5.91 Å². The van der Waals surface area contributed by atoms with Gasteiger partial charge >= 0.3 is 0 Å². The summed E-state index contributed by atoms with van der Waals surface area (Å²) in [5, 5.41) is 2.58. The van der Waals surface area contributed by atoms with Crippen molar-refractivity contribution in [3.05, 3.63) is 34.7 Å². The van der Waals surface area contributed by atoms with Crippen molar-refractivity contribution < 1.29 is 9.53 Å². The van der Waals surface area contributed by atoms with E-state index in [1.54, 1.807) is 6.08 Å². The quantitative estimate of drug-likeness (QED) is 0.673. The lowest BCUT2D eigenvalue weighted by Crippen LogP contribution is -2.17. The molecule has 0 bridgehead atoms. The second-order valence-electron chi connectivity index (χ2n) is 3.32. The van der Waals surface area contributed by atoms with Crippen LogP contribution in [0.15, 0.2) is 29.2 Å². The number of carbonyl (C=O) groups is 1. The normalized spacial score (nSPS) is 17.4. The molecule has 1 saturated heterocycles. The Kier molecular flexibility index (Phi) is 3.81. The number of amides is 1. The van der Waals surface area contributed by atoms with Crippen LogP contribution < -0.4 is 10.1 Å². The van der Waals surface area contributed by atoms with Gasteiger partial charge in [0, 0.05) is 5.56 Å². The molecule has 88 valence electrons. The molecule has 0 aliphatic carbocycles. The minimum atomic E-state index is -0.147. The summed E-state index contributed by atoms with van der Waals surface area (Å²) < 4.78 is 5.99. The predicted molar refractivity (Wildman–Crippen MR) is 73.9 cm³/mol. The molecular formula is C12H11NO2S2. The fraction of sp³-hybridized carbons (Fsp3) is 0.167. The van der Waals surface area contributed by atoms with Crippen molar-refractivity contribution in [2.24, 2.45) is 0 Å². The van der Waals surface area contributed by atoms with Gasteiger partial charge in [0.2, 0.25) is 0 Å². The number of rotatable bonds is 3. The van der Waals surface area contributed by atoms with Crippen LogP contribution in [0.2, 0.25) is 0 Å². The van der Waals surface area contributed by atoms with Crippen LogP contribution in [0, 0.1) is 0 Å². The Morgan fingerprint density at radius 3 is 2.88 bits per heavy atom. The average molecular weight is 265 g/mol. The number of thioether (sulfide) groups is 1. The first-order valence-electron chi connectivity index (χ1n) is 5.17. The molecule has 1 fully saturated rings. The van der Waals surface area contributed by atoms with Crippen molar-refractivity contribution in [1.29, 1.82) is 0 Å². The standard InChI is InChI=1S/C12H11NO2S2/c1-2-15-9-6-4-3-5-8(9)7-10-11(14)13-12(16)17-10/h3-7H,2H2,1H3,(H,13,14,16)/b10-7+. The number of ether oxygens (including phenoxy) is 1. The van der Waals surface area contributed by atoms with Gasteiger partial charge in [-0.2, -0.15) is 0 Å². The summed E-state index contributed by atoms with van der Waals surface area (Å²) in [7, 11) is 0. The molecule has 1 aliphatic heterocycles. The first-order chi connectivity index (χ1) is 8.20. The van der Waals surface area contributed by atoms with E-state index >= 15 is 0 Å². The van der Waals surface area contributed by atoms with Crippen LogP contribution in [0.3, 0.4) is 0 Å². The van der Waals surface area contributed by atoms with E-state index in [4.69, 9.17) is 17.0 Å². The van der Waals surface area contributed by atoms with Gasteiger partial charge in [0.05, 0.1) is 11.5 Å². The van der Waals surface area contributed by atoms with Crippen LogP contribution >= 0.6 is 24.0 Å². The number of hydrogen-bond acceptors (Lipinski definition) is 4.